The molecule has 0 aliphatic carbocycles. The molecule has 0 aliphatic rings. The van der Waals surface area contributed by atoms with Crippen molar-refractivity contribution in [1.82, 2.24) is 9.78 Å². The van der Waals surface area contributed by atoms with E-state index in [1.165, 1.54) is 4.68 Å². The highest BCUT2D eigenvalue weighted by atomic mass is 16.5. The fourth-order valence-corrected chi connectivity index (χ4v) is 2.54. The normalized spacial score (nSPS) is 10.8. The van der Waals surface area contributed by atoms with Crippen LogP contribution in [0.5, 0.6) is 11.5 Å². The van der Waals surface area contributed by atoms with E-state index in [2.05, 4.69) is 5.10 Å². The van der Waals surface area contributed by atoms with E-state index in [-0.39, 0.29) is 5.56 Å². The standard InChI is InChI=1S/C19H20N2O3/c1-3-23-16-5-4-6-17(12-16)24-10-9-21-19(22)18-8-7-14(2)11-15(18)13-20-21/h4-8,11-13H,3,9-10H2,1-2H3. The smallest absolute Gasteiger partial charge is 0.274 e. The molecule has 0 atom stereocenters. The van der Waals surface area contributed by atoms with E-state index >= 15 is 0 Å². The lowest BCUT2D eigenvalue weighted by molar-refractivity contribution is 0.284. The molecule has 0 radical (unpaired) electrons. The van der Waals surface area contributed by atoms with Crippen molar-refractivity contribution in [2.45, 2.75) is 20.4 Å². The van der Waals surface area contributed by atoms with Crippen molar-refractivity contribution in [2.75, 3.05) is 13.2 Å². The van der Waals surface area contributed by atoms with Gasteiger partial charge in [0.25, 0.3) is 5.56 Å². The number of benzene rings is 2. The number of rotatable bonds is 6. The molecule has 0 aliphatic heterocycles. The molecule has 1 aromatic heterocycles. The molecule has 0 N–H and O–H groups in total. The van der Waals surface area contributed by atoms with Crippen molar-refractivity contribution in [2.24, 2.45) is 0 Å². The molecule has 0 saturated heterocycles. The fourth-order valence-electron chi connectivity index (χ4n) is 2.54. The summed E-state index contributed by atoms with van der Waals surface area (Å²) in [4.78, 5) is 12.4. The topological polar surface area (TPSA) is 53.4 Å². The van der Waals surface area contributed by atoms with E-state index < -0.39 is 0 Å². The monoisotopic (exact) mass is 324 g/mol. The summed E-state index contributed by atoms with van der Waals surface area (Å²) in [5, 5.41) is 5.76. The molecular formula is C19H20N2O3. The number of aromatic nitrogens is 2. The third kappa shape index (κ3) is 3.56. The summed E-state index contributed by atoms with van der Waals surface area (Å²) in [6.07, 6.45) is 1.72. The molecule has 24 heavy (non-hydrogen) atoms. The van der Waals surface area contributed by atoms with Crippen LogP contribution in [0.15, 0.2) is 53.5 Å². The predicted molar refractivity (Wildman–Crippen MR) is 93.8 cm³/mol. The highest BCUT2D eigenvalue weighted by Gasteiger charge is 2.05. The van der Waals surface area contributed by atoms with Crippen LogP contribution in [-0.2, 0) is 6.54 Å². The molecule has 5 nitrogen and oxygen atoms in total. The van der Waals surface area contributed by atoms with Gasteiger partial charge in [-0.3, -0.25) is 4.79 Å². The lowest BCUT2D eigenvalue weighted by Gasteiger charge is -2.10. The third-order valence-electron chi connectivity index (χ3n) is 3.70. The van der Waals surface area contributed by atoms with Crippen molar-refractivity contribution < 1.29 is 9.47 Å². The molecule has 0 spiro atoms. The van der Waals surface area contributed by atoms with Gasteiger partial charge in [-0.25, -0.2) is 4.68 Å². The molecule has 2 aromatic carbocycles. The zero-order chi connectivity index (χ0) is 16.9. The number of nitrogens with zero attached hydrogens (tertiary/aromatic N) is 2. The Kier molecular flexibility index (Phi) is 4.79. The molecule has 3 rings (SSSR count). The van der Waals surface area contributed by atoms with Gasteiger partial charge in [0, 0.05) is 11.5 Å². The van der Waals surface area contributed by atoms with Crippen LogP contribution in [0.3, 0.4) is 0 Å². The van der Waals surface area contributed by atoms with Crippen LogP contribution in [0.1, 0.15) is 12.5 Å². The Labute approximate surface area is 140 Å². The van der Waals surface area contributed by atoms with Crippen LogP contribution < -0.4 is 15.0 Å². The lowest BCUT2D eigenvalue weighted by atomic mass is 10.1. The zero-order valence-electron chi connectivity index (χ0n) is 13.9. The first-order chi connectivity index (χ1) is 11.7. The molecule has 0 unspecified atom stereocenters. The minimum absolute atomic E-state index is 0.0980. The Morgan fingerprint density at radius 3 is 2.67 bits per heavy atom. The molecule has 3 aromatic rings. The maximum atomic E-state index is 12.4. The van der Waals surface area contributed by atoms with Gasteiger partial charge in [0.2, 0.25) is 0 Å². The molecule has 5 heteroatoms. The van der Waals surface area contributed by atoms with E-state index in [4.69, 9.17) is 9.47 Å². The van der Waals surface area contributed by atoms with Crippen LogP contribution in [0.2, 0.25) is 0 Å². The second-order valence-corrected chi connectivity index (χ2v) is 5.52. The van der Waals surface area contributed by atoms with Gasteiger partial charge in [-0.15, -0.1) is 0 Å². The number of hydrogen-bond acceptors (Lipinski definition) is 4. The highest BCUT2D eigenvalue weighted by Crippen LogP contribution is 2.19. The maximum absolute atomic E-state index is 12.4. The Morgan fingerprint density at radius 1 is 1.08 bits per heavy atom. The van der Waals surface area contributed by atoms with Gasteiger partial charge < -0.3 is 9.47 Å². The minimum atomic E-state index is -0.0980. The van der Waals surface area contributed by atoms with E-state index in [1.807, 2.05) is 56.3 Å². The summed E-state index contributed by atoms with van der Waals surface area (Å²) in [6.45, 7) is 5.29. The quantitative estimate of drug-likeness (QED) is 0.699. The van der Waals surface area contributed by atoms with Crippen molar-refractivity contribution in [3.8, 4) is 11.5 Å². The Morgan fingerprint density at radius 2 is 1.88 bits per heavy atom. The Balaban J connectivity index is 1.70. The molecular weight excluding hydrogens is 304 g/mol. The summed E-state index contributed by atoms with van der Waals surface area (Å²) in [7, 11) is 0. The summed E-state index contributed by atoms with van der Waals surface area (Å²) in [6, 6.07) is 13.2. The largest absolute Gasteiger partial charge is 0.494 e. The predicted octanol–water partition coefficient (Wildman–Crippen LogP) is 3.18. The van der Waals surface area contributed by atoms with Crippen molar-refractivity contribution in [1.29, 1.82) is 0 Å². The zero-order valence-corrected chi connectivity index (χ0v) is 13.9. The minimum Gasteiger partial charge on any atom is -0.494 e. The first-order valence-electron chi connectivity index (χ1n) is 7.99. The van der Waals surface area contributed by atoms with E-state index in [0.29, 0.717) is 30.9 Å². The van der Waals surface area contributed by atoms with Gasteiger partial charge in [-0.2, -0.15) is 5.10 Å². The van der Waals surface area contributed by atoms with Gasteiger partial charge in [-0.1, -0.05) is 17.7 Å². The first-order valence-corrected chi connectivity index (χ1v) is 7.99. The van der Waals surface area contributed by atoms with Crippen LogP contribution in [0.25, 0.3) is 10.8 Å². The number of hydrogen-bond donors (Lipinski definition) is 0. The van der Waals surface area contributed by atoms with Crippen molar-refractivity contribution in [3.05, 3.63) is 64.6 Å². The summed E-state index contributed by atoms with van der Waals surface area (Å²) < 4.78 is 12.6. The Bertz CT molecular complexity index is 902. The molecule has 0 fully saturated rings. The fraction of sp³-hybridized carbons (Fsp3) is 0.263. The van der Waals surface area contributed by atoms with Crippen LogP contribution in [0.4, 0.5) is 0 Å². The van der Waals surface area contributed by atoms with Gasteiger partial charge in [0.05, 0.1) is 24.7 Å². The summed E-state index contributed by atoms with van der Waals surface area (Å²) >= 11 is 0. The lowest BCUT2D eigenvalue weighted by Crippen LogP contribution is -2.25. The highest BCUT2D eigenvalue weighted by molar-refractivity contribution is 5.81. The number of ether oxygens (including phenoxy) is 2. The molecule has 124 valence electrons. The van der Waals surface area contributed by atoms with Gasteiger partial charge >= 0.3 is 0 Å². The number of aryl methyl sites for hydroxylation is 1. The van der Waals surface area contributed by atoms with E-state index in [0.717, 1.165) is 16.7 Å². The molecule has 0 saturated carbocycles. The van der Waals surface area contributed by atoms with E-state index in [9.17, 15) is 4.79 Å². The first kappa shape index (κ1) is 16.1. The Hall–Kier alpha value is -2.82. The summed E-state index contributed by atoms with van der Waals surface area (Å²) in [5.41, 5.74) is 1.01. The van der Waals surface area contributed by atoms with Crippen molar-refractivity contribution >= 4 is 10.8 Å². The SMILES string of the molecule is CCOc1cccc(OCCn2ncc3cc(C)ccc3c2=O)c1. The van der Waals surface area contributed by atoms with Gasteiger partial charge in [0.15, 0.2) is 0 Å². The number of fused-ring (bicyclic) bond motifs is 1. The summed E-state index contributed by atoms with van der Waals surface area (Å²) in [5.74, 6) is 1.48. The average Bonchev–Trinajstić information content (AvgIpc) is 2.57. The van der Waals surface area contributed by atoms with Crippen LogP contribution in [-0.4, -0.2) is 23.0 Å². The third-order valence-corrected chi connectivity index (χ3v) is 3.70. The van der Waals surface area contributed by atoms with Crippen LogP contribution in [0, 0.1) is 6.92 Å². The maximum Gasteiger partial charge on any atom is 0.274 e. The van der Waals surface area contributed by atoms with Gasteiger partial charge in [0.1, 0.15) is 18.1 Å². The second kappa shape index (κ2) is 7.17. The average molecular weight is 324 g/mol. The van der Waals surface area contributed by atoms with E-state index in [1.54, 1.807) is 6.20 Å². The molecule has 0 bridgehead atoms. The van der Waals surface area contributed by atoms with Crippen molar-refractivity contribution in [3.63, 3.8) is 0 Å². The van der Waals surface area contributed by atoms with Crippen LogP contribution >= 0.6 is 0 Å². The molecule has 0 amide bonds. The van der Waals surface area contributed by atoms with Gasteiger partial charge in [-0.05, 0) is 38.1 Å². The molecule has 1 heterocycles. The second-order valence-electron chi connectivity index (χ2n) is 5.52.